The Balaban J connectivity index is 2.03. The number of hydrogen-bond donors (Lipinski definition) is 2. The first kappa shape index (κ1) is 31.8. The van der Waals surface area contributed by atoms with Crippen molar-refractivity contribution in [3.8, 4) is 5.75 Å². The van der Waals surface area contributed by atoms with Gasteiger partial charge < -0.3 is 14.6 Å². The number of nitrogens with zero attached hydrogens (tertiary/aromatic N) is 2. The number of carbonyl (C=O) groups is 2. The van der Waals surface area contributed by atoms with Crippen molar-refractivity contribution in [3.63, 3.8) is 0 Å². The van der Waals surface area contributed by atoms with Crippen LogP contribution in [-0.2, 0) is 25.7 Å². The maximum Gasteiger partial charge on any atom is 0.433 e. The number of aliphatic carboxylic acids is 1. The number of carboxylic acid groups (broad SMARTS) is 1. The van der Waals surface area contributed by atoms with E-state index in [0.717, 1.165) is 18.2 Å². The maximum atomic E-state index is 13.6. The zero-order chi connectivity index (χ0) is 31.0. The average Bonchev–Trinajstić information content (AvgIpc) is 2.85. The molecular formula is C24H25F6N3O7S. The summed E-state index contributed by atoms with van der Waals surface area (Å²) in [7, 11) is -4.77. The van der Waals surface area contributed by atoms with Gasteiger partial charge in [0, 0.05) is 11.9 Å². The summed E-state index contributed by atoms with van der Waals surface area (Å²) in [6.07, 6.45) is -11.8. The average molecular weight is 614 g/mol. The molecule has 0 spiro atoms. The largest absolute Gasteiger partial charge is 0.486 e. The molecule has 0 saturated heterocycles. The minimum Gasteiger partial charge on any atom is -0.486 e. The van der Waals surface area contributed by atoms with Gasteiger partial charge in [-0.05, 0) is 57.0 Å². The molecule has 3 rings (SSSR count). The molecule has 0 fully saturated rings. The zero-order valence-electron chi connectivity index (χ0n) is 21.7. The van der Waals surface area contributed by atoms with Crippen LogP contribution >= 0.6 is 0 Å². The van der Waals surface area contributed by atoms with Gasteiger partial charge in [0.05, 0.1) is 23.0 Å². The van der Waals surface area contributed by atoms with Gasteiger partial charge in [0.1, 0.15) is 17.5 Å². The first-order valence-electron chi connectivity index (χ1n) is 11.9. The summed E-state index contributed by atoms with van der Waals surface area (Å²) in [6.45, 7) is 2.30. The molecule has 2 aromatic rings. The van der Waals surface area contributed by atoms with Crippen molar-refractivity contribution in [3.05, 3.63) is 42.2 Å². The van der Waals surface area contributed by atoms with Gasteiger partial charge >= 0.3 is 24.4 Å². The fraction of sp³-hybridized carbons (Fsp3) is 0.458. The van der Waals surface area contributed by atoms with Crippen LogP contribution in [0.25, 0.3) is 0 Å². The molecule has 1 aromatic carbocycles. The third kappa shape index (κ3) is 7.12. The number of amides is 1. The van der Waals surface area contributed by atoms with Crippen molar-refractivity contribution in [1.29, 1.82) is 0 Å². The first-order chi connectivity index (χ1) is 18.8. The molecule has 0 bridgehead atoms. The third-order valence-electron chi connectivity index (χ3n) is 6.17. The van der Waals surface area contributed by atoms with Crippen molar-refractivity contribution < 1.29 is 58.9 Å². The maximum absolute atomic E-state index is 13.6. The number of pyridine rings is 1. The SMILES string of the molecule is CCC(CC1CN(S(=O)(=O)c2ccnc(C(F)(F)F)c2)c2cc(NC(=O)OC(C)(C)C(F)(F)F)ccc2O1)C(=O)O. The van der Waals surface area contributed by atoms with E-state index >= 15 is 0 Å². The third-order valence-corrected chi connectivity index (χ3v) is 7.94. The van der Waals surface area contributed by atoms with Crippen LogP contribution in [0.4, 0.5) is 42.5 Å². The fourth-order valence-electron chi connectivity index (χ4n) is 3.79. The fourth-order valence-corrected chi connectivity index (χ4v) is 5.30. The molecule has 17 heteroatoms. The Morgan fingerprint density at radius 2 is 1.83 bits per heavy atom. The smallest absolute Gasteiger partial charge is 0.433 e. The number of anilines is 2. The van der Waals surface area contributed by atoms with E-state index in [0.29, 0.717) is 30.4 Å². The van der Waals surface area contributed by atoms with E-state index in [9.17, 15) is 49.5 Å². The van der Waals surface area contributed by atoms with Crippen LogP contribution in [-0.4, -0.2) is 55.0 Å². The van der Waals surface area contributed by atoms with E-state index in [1.54, 1.807) is 6.92 Å². The Bertz CT molecular complexity index is 1410. The molecule has 1 aromatic heterocycles. The zero-order valence-corrected chi connectivity index (χ0v) is 22.5. The molecule has 226 valence electrons. The van der Waals surface area contributed by atoms with Crippen molar-refractivity contribution in [2.45, 2.75) is 62.6 Å². The highest BCUT2D eigenvalue weighted by Crippen LogP contribution is 2.41. The topological polar surface area (TPSA) is 135 Å². The van der Waals surface area contributed by atoms with Gasteiger partial charge in [-0.15, -0.1) is 0 Å². The predicted octanol–water partition coefficient (Wildman–Crippen LogP) is 5.45. The predicted molar refractivity (Wildman–Crippen MR) is 131 cm³/mol. The summed E-state index contributed by atoms with van der Waals surface area (Å²) in [6, 6.07) is 4.51. The van der Waals surface area contributed by atoms with Crippen LogP contribution < -0.4 is 14.4 Å². The molecule has 1 aliphatic rings. The van der Waals surface area contributed by atoms with Crippen molar-refractivity contribution in [2.24, 2.45) is 5.92 Å². The van der Waals surface area contributed by atoms with E-state index in [1.807, 2.05) is 0 Å². The van der Waals surface area contributed by atoms with Crippen molar-refractivity contribution in [1.82, 2.24) is 4.98 Å². The number of nitrogens with one attached hydrogen (secondary N) is 1. The molecule has 10 nitrogen and oxygen atoms in total. The number of aromatic nitrogens is 1. The number of fused-ring (bicyclic) bond motifs is 1. The summed E-state index contributed by atoms with van der Waals surface area (Å²) < 4.78 is 117. The number of rotatable bonds is 8. The quantitative estimate of drug-likeness (QED) is 0.376. The van der Waals surface area contributed by atoms with Crippen LogP contribution in [0.2, 0.25) is 0 Å². The molecule has 2 heterocycles. The Morgan fingerprint density at radius 3 is 2.39 bits per heavy atom. The first-order valence-corrected chi connectivity index (χ1v) is 13.4. The van der Waals surface area contributed by atoms with Gasteiger partial charge in [-0.1, -0.05) is 6.92 Å². The highest BCUT2D eigenvalue weighted by Gasteiger charge is 2.51. The summed E-state index contributed by atoms with van der Waals surface area (Å²) in [4.78, 5) is 26.1. The monoisotopic (exact) mass is 613 g/mol. The normalized spacial score (nSPS) is 16.8. The second-order valence-corrected chi connectivity index (χ2v) is 11.4. The highest BCUT2D eigenvalue weighted by molar-refractivity contribution is 7.92. The number of carboxylic acids is 1. The second-order valence-electron chi connectivity index (χ2n) is 9.53. The molecule has 1 amide bonds. The molecular weight excluding hydrogens is 588 g/mol. The van der Waals surface area contributed by atoms with Gasteiger partial charge in [0.2, 0.25) is 5.60 Å². The molecule has 1 aliphatic heterocycles. The van der Waals surface area contributed by atoms with Gasteiger partial charge in [0.15, 0.2) is 0 Å². The molecule has 41 heavy (non-hydrogen) atoms. The number of halogens is 6. The molecule has 2 unspecified atom stereocenters. The van der Waals surface area contributed by atoms with Gasteiger partial charge in [0.25, 0.3) is 10.0 Å². The van der Waals surface area contributed by atoms with E-state index in [1.165, 1.54) is 6.07 Å². The number of sulfonamides is 1. The number of carbonyl (C=O) groups excluding carboxylic acids is 1. The number of benzene rings is 1. The lowest BCUT2D eigenvalue weighted by molar-refractivity contribution is -0.242. The van der Waals surface area contributed by atoms with Crippen LogP contribution in [0.5, 0.6) is 5.75 Å². The summed E-state index contributed by atoms with van der Waals surface area (Å²) in [5.41, 5.74) is -4.85. The second kappa shape index (κ2) is 11.3. The van der Waals surface area contributed by atoms with Crippen molar-refractivity contribution >= 4 is 33.5 Å². The summed E-state index contributed by atoms with van der Waals surface area (Å²) >= 11 is 0. The van der Waals surface area contributed by atoms with E-state index in [4.69, 9.17) is 4.74 Å². The van der Waals surface area contributed by atoms with Gasteiger partial charge in [-0.2, -0.15) is 26.3 Å². The lowest BCUT2D eigenvalue weighted by Gasteiger charge is -2.36. The lowest BCUT2D eigenvalue weighted by atomic mass is 9.98. The van der Waals surface area contributed by atoms with E-state index in [2.05, 4.69) is 15.0 Å². The standard InChI is InChI=1S/C24H25F6N3O7S/c1-4-13(20(34)35)9-15-12-33(41(37,38)16-7-8-31-19(11-16)23(25,26)27)17-10-14(5-6-18(17)39-15)32-21(36)40-22(2,3)24(28,29)30/h5-8,10-11,13,15H,4,9,12H2,1-3H3,(H,32,36)(H,34,35). The van der Waals surface area contributed by atoms with Crippen LogP contribution in [0, 0.1) is 5.92 Å². The van der Waals surface area contributed by atoms with Gasteiger partial charge in [-0.3, -0.25) is 19.4 Å². The minimum absolute atomic E-state index is 0.135. The molecule has 2 N–H and O–H groups in total. The number of ether oxygens (including phenoxy) is 2. The van der Waals surface area contributed by atoms with E-state index < -0.39 is 69.2 Å². The van der Waals surface area contributed by atoms with Crippen LogP contribution in [0.3, 0.4) is 0 Å². The molecule has 0 radical (unpaired) electrons. The lowest BCUT2D eigenvalue weighted by Crippen LogP contribution is -2.45. The van der Waals surface area contributed by atoms with Gasteiger partial charge in [-0.25, -0.2) is 13.2 Å². The summed E-state index contributed by atoms with van der Waals surface area (Å²) in [5.74, 6) is -2.23. The Hall–Kier alpha value is -3.76. The molecule has 0 aliphatic carbocycles. The van der Waals surface area contributed by atoms with Crippen LogP contribution in [0.1, 0.15) is 39.3 Å². The summed E-state index contributed by atoms with van der Waals surface area (Å²) in [5, 5.41) is 11.5. The Kier molecular flexibility index (Phi) is 8.72. The minimum atomic E-state index is -4.96. The van der Waals surface area contributed by atoms with Crippen LogP contribution in [0.15, 0.2) is 41.4 Å². The molecule has 2 atom stereocenters. The Labute approximate surface area is 230 Å². The Morgan fingerprint density at radius 1 is 1.17 bits per heavy atom. The highest BCUT2D eigenvalue weighted by atomic mass is 32.2. The van der Waals surface area contributed by atoms with E-state index in [-0.39, 0.29) is 30.0 Å². The number of hydrogen-bond acceptors (Lipinski definition) is 7. The van der Waals surface area contributed by atoms with Crippen molar-refractivity contribution in [2.75, 3.05) is 16.2 Å². The number of alkyl halides is 6. The molecule has 0 saturated carbocycles.